The van der Waals surface area contributed by atoms with Crippen molar-refractivity contribution in [2.24, 2.45) is 20.5 Å². The van der Waals surface area contributed by atoms with E-state index in [-0.39, 0.29) is 66.6 Å². The molecule has 0 fully saturated rings. The Morgan fingerprint density at radius 2 is 0.966 bits per heavy atom. The molecule has 10 rings (SSSR count). The molecule has 2 heterocycles. The van der Waals surface area contributed by atoms with Crippen molar-refractivity contribution in [3.8, 4) is 23.3 Å². The van der Waals surface area contributed by atoms with Gasteiger partial charge in [0.2, 0.25) is 0 Å². The molecule has 0 unspecified atom stereocenters. The lowest BCUT2D eigenvalue weighted by Crippen LogP contribution is -2.14. The summed E-state index contributed by atoms with van der Waals surface area (Å²) >= 11 is 0.902. The number of aromatic nitrogens is 1. The molecule has 0 saturated carbocycles. The highest BCUT2D eigenvalue weighted by Gasteiger charge is 2.28. The Hall–Kier alpha value is -9.53. The lowest BCUT2D eigenvalue weighted by molar-refractivity contribution is 0.478. The van der Waals surface area contributed by atoms with Gasteiger partial charge in [-0.05, 0) is 137 Å². The highest BCUT2D eigenvalue weighted by Crippen LogP contribution is 2.49. The van der Waals surface area contributed by atoms with Gasteiger partial charge >= 0.3 is 0 Å². The minimum Gasteiger partial charge on any atom is -0.339 e. The van der Waals surface area contributed by atoms with Crippen LogP contribution >= 0.6 is 11.3 Å². The summed E-state index contributed by atoms with van der Waals surface area (Å²) in [6, 6.07) is 37.2. The van der Waals surface area contributed by atoms with Crippen molar-refractivity contribution in [2.75, 3.05) is 15.4 Å². The SMILES string of the molecule is Cc1c(C#N)c(Nc2ccc(S(=O)(=O)O)cc2)nc(Nc2ccc(S(=O)(=O)O)cc2)c1N=Nc1sc(N=Nc2ccc3cc(S(=O)(=O)Nc4cc(S(=O)(=O)O)c5cc(S(=O)(=O)O)cc(S(=O)(=O)O)c5c4)ccc3c2)c(-c2ccc3ccccc3c2)c1C#N. The van der Waals surface area contributed by atoms with E-state index in [0.29, 0.717) is 34.5 Å². The Bertz CT molecular complexity index is 5500. The number of nitrogens with zero attached hydrogens (tertiary/aromatic N) is 7. The second-order valence-electron chi connectivity index (χ2n) is 18.8. The van der Waals surface area contributed by atoms with Crippen LogP contribution in [0.2, 0.25) is 0 Å². The smallest absolute Gasteiger partial charge is 0.295 e. The van der Waals surface area contributed by atoms with Crippen molar-refractivity contribution in [1.82, 2.24) is 4.98 Å². The molecule has 88 heavy (non-hydrogen) atoms. The van der Waals surface area contributed by atoms with Crippen LogP contribution in [0.15, 0.2) is 201 Å². The van der Waals surface area contributed by atoms with Crippen molar-refractivity contribution < 1.29 is 73.3 Å². The molecule has 0 radical (unpaired) electrons. The van der Waals surface area contributed by atoms with Gasteiger partial charge in [-0.3, -0.25) is 27.5 Å². The Morgan fingerprint density at radius 1 is 0.455 bits per heavy atom. The number of pyridine rings is 1. The van der Waals surface area contributed by atoms with E-state index in [0.717, 1.165) is 58.5 Å². The molecule has 0 atom stereocenters. The summed E-state index contributed by atoms with van der Waals surface area (Å²) < 4.78 is 200. The number of hydrogen-bond acceptors (Lipinski definition) is 22. The molecule has 27 nitrogen and oxygen atoms in total. The number of rotatable bonds is 17. The van der Waals surface area contributed by atoms with E-state index in [4.69, 9.17) is 0 Å². The molecule has 0 saturated heterocycles. The number of thiophene rings is 1. The van der Waals surface area contributed by atoms with Crippen LogP contribution in [0.4, 0.5) is 50.1 Å². The summed E-state index contributed by atoms with van der Waals surface area (Å²) in [4.78, 5) is -0.271. The van der Waals surface area contributed by atoms with E-state index in [2.05, 4.69) is 52.9 Å². The van der Waals surface area contributed by atoms with E-state index >= 15 is 0 Å². The van der Waals surface area contributed by atoms with E-state index in [1.165, 1.54) is 61.5 Å². The monoisotopic (exact) mass is 1320 g/mol. The van der Waals surface area contributed by atoms with Gasteiger partial charge in [-0.25, -0.2) is 13.4 Å². The Balaban J connectivity index is 1.02. The first-order valence-electron chi connectivity index (χ1n) is 24.4. The molecule has 2 aromatic heterocycles. The van der Waals surface area contributed by atoms with Crippen molar-refractivity contribution in [2.45, 2.75) is 36.3 Å². The first kappa shape index (κ1) is 61.6. The molecule has 34 heteroatoms. The molecule has 8 aromatic carbocycles. The van der Waals surface area contributed by atoms with Gasteiger partial charge in [0.15, 0.2) is 16.6 Å². The molecule has 0 amide bonds. The predicted octanol–water partition coefficient (Wildman–Crippen LogP) is 11.7. The van der Waals surface area contributed by atoms with Gasteiger partial charge in [0.1, 0.15) is 38.2 Å². The summed E-state index contributed by atoms with van der Waals surface area (Å²) in [5.74, 6) is -0.139. The average molecular weight is 1320 g/mol. The number of benzene rings is 8. The first-order valence-corrected chi connectivity index (χ1v) is 33.9. The van der Waals surface area contributed by atoms with Gasteiger partial charge in [-0.2, -0.15) is 52.6 Å². The van der Waals surface area contributed by atoms with Crippen LogP contribution in [0.25, 0.3) is 43.4 Å². The summed E-state index contributed by atoms with van der Waals surface area (Å²) in [5, 5.41) is 46.4. The highest BCUT2D eigenvalue weighted by molar-refractivity contribution is 7.92. The van der Waals surface area contributed by atoms with Crippen molar-refractivity contribution in [3.05, 3.63) is 168 Å². The van der Waals surface area contributed by atoms with Gasteiger partial charge in [-0.1, -0.05) is 59.9 Å². The topological polar surface area (TPSA) is 452 Å². The van der Waals surface area contributed by atoms with Crippen molar-refractivity contribution >= 4 is 154 Å². The van der Waals surface area contributed by atoms with Crippen LogP contribution in [-0.2, 0) is 60.6 Å². The third-order valence-corrected chi connectivity index (χ3v) is 19.7. The van der Waals surface area contributed by atoms with E-state index in [1.54, 1.807) is 6.07 Å². The molecular formula is C54H36N10O17S7. The molecule has 10 aromatic rings. The second-order valence-corrected chi connectivity index (χ2v) is 28.5. The van der Waals surface area contributed by atoms with Gasteiger partial charge in [0.25, 0.3) is 60.6 Å². The van der Waals surface area contributed by atoms with E-state index < -0.39 is 106 Å². The number of nitrogens with one attached hydrogen (secondary N) is 3. The van der Waals surface area contributed by atoms with E-state index in [9.17, 15) is 83.8 Å². The fourth-order valence-corrected chi connectivity index (χ4v) is 14.0. The summed E-state index contributed by atoms with van der Waals surface area (Å²) in [7, 11) is -29.9. The standard InChI is InChI=1S/C54H36N10O17S7/c1-29-45(27-55)51(57-35-11-16-39(17-12-35)84(67,68)69)59-52(58-36-13-18-40(19-14-36)85(70,71)72)50(29)61-62-53-46(28-56)49(34-7-6-30-4-2-3-5-31(30)20-34)54(82-53)63-60-37-10-8-33-22-41(15-9-32(33)21-37)83(65,66)64-38-23-43-44(47(24-38)87(76,77)78)25-42(86(73,74)75)26-48(43)88(79,80)81/h2-26,64H,1H3,(H2,57,58,59)(H,67,68,69)(H,70,71,72)(H,73,74,75)(H,76,77,78)(H,79,80,81). The minimum atomic E-state index is -5.41. The Morgan fingerprint density at radius 3 is 1.56 bits per heavy atom. The quantitative estimate of drug-likeness (QED) is 0.0310. The van der Waals surface area contributed by atoms with Crippen LogP contribution in [-0.4, -0.2) is 78.3 Å². The zero-order valence-electron chi connectivity index (χ0n) is 44.1. The van der Waals surface area contributed by atoms with Crippen LogP contribution in [0, 0.1) is 29.6 Å². The molecule has 0 aliphatic heterocycles. The van der Waals surface area contributed by atoms with Crippen LogP contribution in [0.3, 0.4) is 0 Å². The number of anilines is 5. The predicted molar refractivity (Wildman–Crippen MR) is 321 cm³/mol. The third kappa shape index (κ3) is 12.9. The molecule has 0 bridgehead atoms. The normalized spacial score (nSPS) is 12.6. The Kier molecular flexibility index (Phi) is 16.1. The molecule has 0 aliphatic carbocycles. The van der Waals surface area contributed by atoms with E-state index in [1.807, 2.05) is 36.4 Å². The fraction of sp³-hybridized carbons (Fsp3) is 0.0185. The van der Waals surface area contributed by atoms with Gasteiger partial charge < -0.3 is 10.6 Å². The highest BCUT2D eigenvalue weighted by atomic mass is 32.2. The molecule has 0 spiro atoms. The lowest BCUT2D eigenvalue weighted by Gasteiger charge is -2.16. The maximum absolute atomic E-state index is 13.9. The summed E-state index contributed by atoms with van der Waals surface area (Å²) in [6.07, 6.45) is 0. The first-order chi connectivity index (χ1) is 41.3. The zero-order valence-corrected chi connectivity index (χ0v) is 49.8. The molecule has 8 N–H and O–H groups in total. The fourth-order valence-electron chi connectivity index (χ4n) is 8.95. The number of azo groups is 2. The Labute approximate surface area is 503 Å². The second kappa shape index (κ2) is 23.0. The van der Waals surface area contributed by atoms with Crippen molar-refractivity contribution in [3.63, 3.8) is 0 Å². The minimum absolute atomic E-state index is 0.00467. The van der Waals surface area contributed by atoms with Gasteiger partial charge in [-0.15, -0.1) is 20.5 Å². The lowest BCUT2D eigenvalue weighted by atomic mass is 10.00. The third-order valence-electron chi connectivity index (χ3n) is 13.1. The zero-order chi connectivity index (χ0) is 63.5. The summed E-state index contributed by atoms with van der Waals surface area (Å²) in [6.45, 7) is 1.52. The van der Waals surface area contributed by atoms with Gasteiger partial charge in [0.05, 0.1) is 36.5 Å². The van der Waals surface area contributed by atoms with Crippen molar-refractivity contribution in [1.29, 1.82) is 10.5 Å². The number of hydrogen-bond donors (Lipinski definition) is 8. The largest absolute Gasteiger partial charge is 0.339 e. The maximum atomic E-state index is 13.9. The molecule has 0 aliphatic rings. The average Bonchev–Trinajstić information content (AvgIpc) is 0.855. The number of nitriles is 2. The molecular weight excluding hydrogens is 1290 g/mol. The van der Waals surface area contributed by atoms with Crippen LogP contribution in [0.1, 0.15) is 16.7 Å². The number of fused-ring (bicyclic) bond motifs is 3. The summed E-state index contributed by atoms with van der Waals surface area (Å²) in [5.41, 5.74) is 0.875. The van der Waals surface area contributed by atoms with Crippen LogP contribution < -0.4 is 15.4 Å². The molecule has 446 valence electrons. The maximum Gasteiger partial charge on any atom is 0.295 e. The van der Waals surface area contributed by atoms with Crippen LogP contribution in [0.5, 0.6) is 0 Å². The number of sulfonamides is 1. The van der Waals surface area contributed by atoms with Gasteiger partial charge in [0, 0.05) is 33.3 Å².